The van der Waals surface area contributed by atoms with Gasteiger partial charge in [0.1, 0.15) is 17.8 Å². The highest BCUT2D eigenvalue weighted by molar-refractivity contribution is 5.72. The van der Waals surface area contributed by atoms with Crippen LogP contribution in [-0.4, -0.2) is 22.1 Å². The molecule has 0 amide bonds. The number of aliphatic carboxylic acids is 1. The van der Waals surface area contributed by atoms with Gasteiger partial charge in [-0.15, -0.1) is 0 Å². The third-order valence-electron chi connectivity index (χ3n) is 1.97. The largest absolute Gasteiger partial charge is 0.480 e. The summed E-state index contributed by atoms with van der Waals surface area (Å²) in [7, 11) is 0. The van der Waals surface area contributed by atoms with Crippen LogP contribution < -0.4 is 5.32 Å². The number of carboxylic acid groups (broad SMARTS) is 1. The minimum absolute atomic E-state index is 0.322. The second-order valence-electron chi connectivity index (χ2n) is 3.06. The van der Waals surface area contributed by atoms with E-state index in [2.05, 4.69) is 10.3 Å². The molecule has 78 valence electrons. The summed E-state index contributed by atoms with van der Waals surface area (Å²) in [5.41, 5.74) is 1.02. The number of carboxylic acids is 1. The number of nitrogens with one attached hydrogen (secondary N) is 1. The third kappa shape index (κ3) is 3.04. The van der Waals surface area contributed by atoms with Gasteiger partial charge in [-0.3, -0.25) is 4.79 Å². The van der Waals surface area contributed by atoms with E-state index in [4.69, 9.17) is 10.4 Å². The van der Waals surface area contributed by atoms with E-state index in [0.717, 1.165) is 0 Å². The molecule has 0 aromatic carbocycles. The Morgan fingerprint density at radius 3 is 3.13 bits per heavy atom. The Labute approximate surface area is 87.4 Å². The molecule has 0 aliphatic rings. The summed E-state index contributed by atoms with van der Waals surface area (Å²) in [5.74, 6) is -0.919. The van der Waals surface area contributed by atoms with Crippen LogP contribution >= 0.6 is 0 Å². The van der Waals surface area contributed by atoms with E-state index < -0.39 is 12.0 Å². The summed E-state index contributed by atoms with van der Waals surface area (Å²) in [5, 5.41) is 20.2. The van der Waals surface area contributed by atoms with Gasteiger partial charge in [0.05, 0.1) is 0 Å². The zero-order valence-electron chi connectivity index (χ0n) is 8.27. The first-order valence-corrected chi connectivity index (χ1v) is 4.45. The molecule has 0 spiro atoms. The Bertz CT molecular complexity index is 398. The lowest BCUT2D eigenvalue weighted by Crippen LogP contribution is -2.33. The van der Waals surface area contributed by atoms with E-state index >= 15 is 0 Å². The second kappa shape index (κ2) is 5.08. The van der Waals surface area contributed by atoms with Crippen LogP contribution in [0, 0.1) is 11.3 Å². The zero-order chi connectivity index (χ0) is 11.3. The number of pyridine rings is 1. The average Bonchev–Trinajstić information content (AvgIpc) is 2.26. The minimum Gasteiger partial charge on any atom is -0.480 e. The number of carbonyl (C=O) groups is 1. The molecule has 0 radical (unpaired) electrons. The fourth-order valence-corrected chi connectivity index (χ4v) is 1.03. The molecule has 1 rings (SSSR count). The van der Waals surface area contributed by atoms with Gasteiger partial charge in [0, 0.05) is 18.3 Å². The normalized spacial score (nSPS) is 11.7. The van der Waals surface area contributed by atoms with Gasteiger partial charge in [-0.05, 0) is 13.0 Å². The van der Waals surface area contributed by atoms with Crippen LogP contribution in [0.5, 0.6) is 0 Å². The van der Waals surface area contributed by atoms with Crippen LogP contribution in [0.3, 0.4) is 0 Å². The van der Waals surface area contributed by atoms with Crippen molar-refractivity contribution in [1.82, 2.24) is 10.3 Å². The van der Waals surface area contributed by atoms with E-state index in [9.17, 15) is 4.79 Å². The first-order valence-electron chi connectivity index (χ1n) is 4.45. The van der Waals surface area contributed by atoms with Gasteiger partial charge < -0.3 is 10.4 Å². The second-order valence-corrected chi connectivity index (χ2v) is 3.06. The molecule has 1 atom stereocenters. The maximum atomic E-state index is 10.5. The fourth-order valence-electron chi connectivity index (χ4n) is 1.03. The molecule has 5 nitrogen and oxygen atoms in total. The first-order chi connectivity index (χ1) is 7.15. The van der Waals surface area contributed by atoms with E-state index in [0.29, 0.717) is 17.8 Å². The Morgan fingerprint density at radius 2 is 2.53 bits per heavy atom. The molecular weight excluding hydrogens is 194 g/mol. The van der Waals surface area contributed by atoms with Gasteiger partial charge in [-0.1, -0.05) is 6.07 Å². The lowest BCUT2D eigenvalue weighted by molar-refractivity contribution is -0.139. The van der Waals surface area contributed by atoms with Crippen molar-refractivity contribution in [3.63, 3.8) is 0 Å². The van der Waals surface area contributed by atoms with Crippen LogP contribution in [0.4, 0.5) is 0 Å². The highest BCUT2D eigenvalue weighted by Crippen LogP contribution is 2.03. The summed E-state index contributed by atoms with van der Waals surface area (Å²) in [6.45, 7) is 1.87. The maximum absolute atomic E-state index is 10.5. The van der Waals surface area contributed by atoms with Crippen molar-refractivity contribution >= 4 is 5.97 Å². The Kier molecular flexibility index (Phi) is 3.77. The molecule has 1 heterocycles. The van der Waals surface area contributed by atoms with Crippen LogP contribution in [-0.2, 0) is 11.3 Å². The molecule has 1 aromatic heterocycles. The van der Waals surface area contributed by atoms with Crippen LogP contribution in [0.15, 0.2) is 18.3 Å². The van der Waals surface area contributed by atoms with E-state index in [1.54, 1.807) is 19.1 Å². The van der Waals surface area contributed by atoms with Gasteiger partial charge in [-0.25, -0.2) is 4.98 Å². The van der Waals surface area contributed by atoms with Crippen LogP contribution in [0.1, 0.15) is 18.2 Å². The number of hydrogen-bond donors (Lipinski definition) is 2. The van der Waals surface area contributed by atoms with Crippen LogP contribution in [0.25, 0.3) is 0 Å². The van der Waals surface area contributed by atoms with Crippen molar-refractivity contribution in [3.05, 3.63) is 29.6 Å². The Balaban J connectivity index is 2.66. The molecule has 0 fully saturated rings. The third-order valence-corrected chi connectivity index (χ3v) is 1.97. The predicted molar refractivity (Wildman–Crippen MR) is 52.9 cm³/mol. The summed E-state index contributed by atoms with van der Waals surface area (Å²) in [4.78, 5) is 14.4. The molecule has 0 saturated heterocycles. The smallest absolute Gasteiger partial charge is 0.320 e. The predicted octanol–water partition coefficient (Wildman–Crippen LogP) is 0.516. The molecule has 1 aromatic rings. The summed E-state index contributed by atoms with van der Waals surface area (Å²) in [6, 6.07) is 4.76. The quantitative estimate of drug-likeness (QED) is 0.748. The molecule has 2 N–H and O–H groups in total. The van der Waals surface area contributed by atoms with Crippen molar-refractivity contribution in [2.24, 2.45) is 0 Å². The van der Waals surface area contributed by atoms with E-state index in [1.807, 2.05) is 6.07 Å². The van der Waals surface area contributed by atoms with Crippen molar-refractivity contribution in [2.75, 3.05) is 0 Å². The Hall–Kier alpha value is -1.93. The van der Waals surface area contributed by atoms with Gasteiger partial charge in [-0.2, -0.15) is 5.26 Å². The fraction of sp³-hybridized carbons (Fsp3) is 0.300. The number of aromatic nitrogens is 1. The SMILES string of the molecule is C[C@H](NCc1cccnc1C#N)C(=O)O. The molecule has 0 saturated carbocycles. The topological polar surface area (TPSA) is 86.0 Å². The van der Waals surface area contributed by atoms with Gasteiger partial charge in [0.15, 0.2) is 0 Å². The lowest BCUT2D eigenvalue weighted by atomic mass is 10.2. The summed E-state index contributed by atoms with van der Waals surface area (Å²) in [6.07, 6.45) is 1.53. The average molecular weight is 205 g/mol. The van der Waals surface area contributed by atoms with Gasteiger partial charge >= 0.3 is 5.97 Å². The van der Waals surface area contributed by atoms with Crippen molar-refractivity contribution in [3.8, 4) is 6.07 Å². The van der Waals surface area contributed by atoms with E-state index in [1.165, 1.54) is 6.20 Å². The number of nitriles is 1. The first kappa shape index (κ1) is 11.1. The Morgan fingerprint density at radius 1 is 1.80 bits per heavy atom. The molecule has 5 heteroatoms. The van der Waals surface area contributed by atoms with Crippen molar-refractivity contribution in [2.45, 2.75) is 19.5 Å². The van der Waals surface area contributed by atoms with Gasteiger partial charge in [0.25, 0.3) is 0 Å². The molecule has 0 aliphatic carbocycles. The monoisotopic (exact) mass is 205 g/mol. The maximum Gasteiger partial charge on any atom is 0.320 e. The lowest BCUT2D eigenvalue weighted by Gasteiger charge is -2.09. The van der Waals surface area contributed by atoms with Crippen LogP contribution in [0.2, 0.25) is 0 Å². The molecule has 0 unspecified atom stereocenters. The summed E-state index contributed by atoms with van der Waals surface area (Å²) >= 11 is 0. The number of hydrogen-bond acceptors (Lipinski definition) is 4. The number of rotatable bonds is 4. The van der Waals surface area contributed by atoms with E-state index in [-0.39, 0.29) is 0 Å². The molecule has 15 heavy (non-hydrogen) atoms. The van der Waals surface area contributed by atoms with Gasteiger partial charge in [0.2, 0.25) is 0 Å². The molecule has 0 bridgehead atoms. The summed E-state index contributed by atoms with van der Waals surface area (Å²) < 4.78 is 0. The highest BCUT2D eigenvalue weighted by atomic mass is 16.4. The molecule has 0 aliphatic heterocycles. The van der Waals surface area contributed by atoms with Crippen molar-refractivity contribution < 1.29 is 9.90 Å². The standard InChI is InChI=1S/C10H11N3O2/c1-7(10(14)15)13-6-8-3-2-4-12-9(8)5-11/h2-4,7,13H,6H2,1H3,(H,14,15)/t7-/m0/s1. The zero-order valence-corrected chi connectivity index (χ0v) is 8.27. The number of nitrogens with zero attached hydrogens (tertiary/aromatic N) is 2. The molecular formula is C10H11N3O2. The minimum atomic E-state index is -0.919. The van der Waals surface area contributed by atoms with Crippen molar-refractivity contribution in [1.29, 1.82) is 5.26 Å². The highest BCUT2D eigenvalue weighted by Gasteiger charge is 2.10.